The molecule has 3 heteroatoms. The van der Waals surface area contributed by atoms with Crippen LogP contribution in [0.4, 0.5) is 0 Å². The zero-order valence-electron chi connectivity index (χ0n) is 9.87. The number of rotatable bonds is 2. The van der Waals surface area contributed by atoms with Gasteiger partial charge in [-0.05, 0) is 29.7 Å². The third-order valence-corrected chi connectivity index (χ3v) is 3.24. The van der Waals surface area contributed by atoms with E-state index in [0.29, 0.717) is 18.0 Å². The van der Waals surface area contributed by atoms with E-state index in [1.807, 2.05) is 19.1 Å². The van der Waals surface area contributed by atoms with Crippen LogP contribution in [0, 0.1) is 0 Å². The molecule has 0 N–H and O–H groups in total. The quantitative estimate of drug-likeness (QED) is 0.767. The van der Waals surface area contributed by atoms with Crippen molar-refractivity contribution in [1.82, 2.24) is 0 Å². The van der Waals surface area contributed by atoms with Crippen molar-refractivity contribution in [2.75, 3.05) is 14.2 Å². The Hall–Kier alpha value is -1.51. The van der Waals surface area contributed by atoms with Gasteiger partial charge in [0.15, 0.2) is 11.5 Å². The first-order chi connectivity index (χ1) is 7.67. The van der Waals surface area contributed by atoms with E-state index in [1.165, 1.54) is 5.56 Å². The molecule has 2 rings (SSSR count). The first-order valence-corrected chi connectivity index (χ1v) is 5.45. The molecule has 0 spiro atoms. The van der Waals surface area contributed by atoms with E-state index in [2.05, 4.69) is 0 Å². The Labute approximate surface area is 95.4 Å². The Morgan fingerprint density at radius 1 is 1.12 bits per heavy atom. The van der Waals surface area contributed by atoms with E-state index >= 15 is 0 Å². The van der Waals surface area contributed by atoms with E-state index in [1.54, 1.807) is 14.2 Å². The highest BCUT2D eigenvalue weighted by Gasteiger charge is 2.25. The molecular formula is C13H16O3. The lowest BCUT2D eigenvalue weighted by Gasteiger charge is -2.23. The highest BCUT2D eigenvalue weighted by atomic mass is 16.5. The second-order valence-electron chi connectivity index (χ2n) is 4.09. The Balaban J connectivity index is 2.52. The fourth-order valence-corrected chi connectivity index (χ4v) is 2.20. The number of carbonyl (C=O) groups excluding carboxylic acids is 1. The van der Waals surface area contributed by atoms with Gasteiger partial charge >= 0.3 is 0 Å². The normalized spacial score (nSPS) is 19.2. The monoisotopic (exact) mass is 220 g/mol. The fraction of sp³-hybridized carbons (Fsp3) is 0.462. The summed E-state index contributed by atoms with van der Waals surface area (Å²) in [5, 5.41) is 0. The molecule has 0 saturated heterocycles. The van der Waals surface area contributed by atoms with Crippen molar-refractivity contribution >= 4 is 5.78 Å². The van der Waals surface area contributed by atoms with Crippen molar-refractivity contribution in [2.24, 2.45) is 0 Å². The molecule has 0 aromatic heterocycles. The zero-order valence-corrected chi connectivity index (χ0v) is 9.87. The Kier molecular flexibility index (Phi) is 2.86. The number of hydrogen-bond acceptors (Lipinski definition) is 3. The Bertz CT molecular complexity index is 423. The molecule has 0 saturated carbocycles. The number of carbonyl (C=O) groups is 1. The molecule has 0 fully saturated rings. The van der Waals surface area contributed by atoms with Gasteiger partial charge in [-0.15, -0.1) is 0 Å². The van der Waals surface area contributed by atoms with Crippen molar-refractivity contribution in [2.45, 2.75) is 25.7 Å². The molecule has 16 heavy (non-hydrogen) atoms. The molecule has 0 amide bonds. The summed E-state index contributed by atoms with van der Waals surface area (Å²) in [5.41, 5.74) is 2.28. The molecule has 0 bridgehead atoms. The predicted molar refractivity (Wildman–Crippen MR) is 61.3 cm³/mol. The van der Waals surface area contributed by atoms with E-state index < -0.39 is 0 Å². The Morgan fingerprint density at radius 2 is 1.75 bits per heavy atom. The van der Waals surface area contributed by atoms with Gasteiger partial charge in [-0.3, -0.25) is 4.79 Å². The second kappa shape index (κ2) is 4.16. The van der Waals surface area contributed by atoms with Gasteiger partial charge in [-0.1, -0.05) is 6.92 Å². The lowest BCUT2D eigenvalue weighted by molar-refractivity contribution is -0.120. The highest BCUT2D eigenvalue weighted by molar-refractivity contribution is 5.88. The summed E-state index contributed by atoms with van der Waals surface area (Å²) in [6.07, 6.45) is 1.43. The van der Waals surface area contributed by atoms with Gasteiger partial charge in [0.25, 0.3) is 0 Å². The lowest BCUT2D eigenvalue weighted by Crippen LogP contribution is -2.18. The summed E-state index contributed by atoms with van der Waals surface area (Å²) in [6, 6.07) is 3.91. The molecular weight excluding hydrogens is 204 g/mol. The average Bonchev–Trinajstić information content (AvgIpc) is 2.32. The van der Waals surface area contributed by atoms with Crippen LogP contribution in [0.2, 0.25) is 0 Å². The maximum atomic E-state index is 11.6. The molecule has 1 unspecified atom stereocenters. The van der Waals surface area contributed by atoms with Crippen molar-refractivity contribution in [3.05, 3.63) is 23.3 Å². The standard InChI is InChI=1S/C13H16O3/c1-8-10-7-13(16-3)12(15-2)6-9(10)4-5-11(8)14/h6-8H,4-5H2,1-3H3. The number of Topliss-reactive ketones (excluding diaryl/α,β-unsaturated/α-hetero) is 1. The summed E-state index contributed by atoms with van der Waals surface area (Å²) in [5.74, 6) is 1.72. The number of fused-ring (bicyclic) bond motifs is 1. The van der Waals surface area contributed by atoms with E-state index in [0.717, 1.165) is 17.7 Å². The first-order valence-electron chi connectivity index (χ1n) is 5.45. The molecule has 1 aliphatic rings. The van der Waals surface area contributed by atoms with Crippen LogP contribution in [0.15, 0.2) is 12.1 Å². The number of methoxy groups -OCH3 is 2. The third-order valence-electron chi connectivity index (χ3n) is 3.24. The number of benzene rings is 1. The predicted octanol–water partition coefficient (Wildman–Crippen LogP) is 2.32. The van der Waals surface area contributed by atoms with E-state index in [9.17, 15) is 4.79 Å². The molecule has 0 radical (unpaired) electrons. The fourth-order valence-electron chi connectivity index (χ4n) is 2.20. The van der Waals surface area contributed by atoms with Crippen LogP contribution in [-0.4, -0.2) is 20.0 Å². The van der Waals surface area contributed by atoms with E-state index in [4.69, 9.17) is 9.47 Å². The minimum atomic E-state index is -0.0245. The van der Waals surface area contributed by atoms with Gasteiger partial charge in [-0.25, -0.2) is 0 Å². The number of ketones is 1. The maximum absolute atomic E-state index is 11.6. The maximum Gasteiger partial charge on any atom is 0.161 e. The minimum Gasteiger partial charge on any atom is -0.493 e. The van der Waals surface area contributed by atoms with Crippen LogP contribution >= 0.6 is 0 Å². The largest absolute Gasteiger partial charge is 0.493 e. The number of hydrogen-bond donors (Lipinski definition) is 0. The molecule has 86 valence electrons. The molecule has 1 aliphatic carbocycles. The van der Waals surface area contributed by atoms with Crippen molar-refractivity contribution in [3.63, 3.8) is 0 Å². The van der Waals surface area contributed by atoms with Crippen LogP contribution in [0.5, 0.6) is 11.5 Å². The smallest absolute Gasteiger partial charge is 0.161 e. The molecule has 1 aromatic carbocycles. The summed E-state index contributed by atoms with van der Waals surface area (Å²) >= 11 is 0. The number of ether oxygens (including phenoxy) is 2. The van der Waals surface area contributed by atoms with Crippen molar-refractivity contribution in [3.8, 4) is 11.5 Å². The SMILES string of the molecule is COc1cc2c(cc1OC)C(C)C(=O)CC2. The van der Waals surface area contributed by atoms with Crippen LogP contribution in [0.1, 0.15) is 30.4 Å². The molecule has 1 atom stereocenters. The van der Waals surface area contributed by atoms with Gasteiger partial charge in [0.2, 0.25) is 0 Å². The van der Waals surface area contributed by atoms with Crippen LogP contribution in [0.3, 0.4) is 0 Å². The van der Waals surface area contributed by atoms with Crippen LogP contribution in [0.25, 0.3) is 0 Å². The molecule has 0 aliphatic heterocycles. The third kappa shape index (κ3) is 1.66. The highest BCUT2D eigenvalue weighted by Crippen LogP contribution is 2.37. The second-order valence-corrected chi connectivity index (χ2v) is 4.09. The Morgan fingerprint density at radius 3 is 2.38 bits per heavy atom. The lowest BCUT2D eigenvalue weighted by atomic mass is 9.83. The molecule has 3 nitrogen and oxygen atoms in total. The minimum absolute atomic E-state index is 0.0245. The summed E-state index contributed by atoms with van der Waals surface area (Å²) < 4.78 is 10.5. The van der Waals surface area contributed by atoms with E-state index in [-0.39, 0.29) is 5.92 Å². The first kappa shape index (κ1) is 11.0. The van der Waals surface area contributed by atoms with Gasteiger partial charge < -0.3 is 9.47 Å². The van der Waals surface area contributed by atoms with Gasteiger partial charge in [-0.2, -0.15) is 0 Å². The molecule has 0 heterocycles. The zero-order chi connectivity index (χ0) is 11.7. The number of aryl methyl sites for hydroxylation is 1. The van der Waals surface area contributed by atoms with Gasteiger partial charge in [0.05, 0.1) is 14.2 Å². The van der Waals surface area contributed by atoms with Gasteiger partial charge in [0.1, 0.15) is 5.78 Å². The van der Waals surface area contributed by atoms with Crippen LogP contribution in [-0.2, 0) is 11.2 Å². The molecule has 1 aromatic rings. The van der Waals surface area contributed by atoms with Crippen LogP contribution < -0.4 is 9.47 Å². The summed E-state index contributed by atoms with van der Waals surface area (Å²) in [6.45, 7) is 1.95. The van der Waals surface area contributed by atoms with Crippen molar-refractivity contribution < 1.29 is 14.3 Å². The summed E-state index contributed by atoms with van der Waals surface area (Å²) in [7, 11) is 3.24. The average molecular weight is 220 g/mol. The van der Waals surface area contributed by atoms with Crippen molar-refractivity contribution in [1.29, 1.82) is 0 Å². The topological polar surface area (TPSA) is 35.5 Å². The summed E-state index contributed by atoms with van der Waals surface area (Å²) in [4.78, 5) is 11.6. The van der Waals surface area contributed by atoms with Gasteiger partial charge in [0, 0.05) is 12.3 Å².